The van der Waals surface area contributed by atoms with E-state index in [1.54, 1.807) is 0 Å². The molecule has 0 bridgehead atoms. The molecule has 1 nitrogen and oxygen atoms in total. The van der Waals surface area contributed by atoms with Gasteiger partial charge in [0.25, 0.3) is 0 Å². The SMILES string of the molecule is CCC(=O)[SeH]. The quantitative estimate of drug-likeness (QED) is 0.458. The maximum atomic E-state index is 9.78. The van der Waals surface area contributed by atoms with E-state index >= 15 is 0 Å². The third-order valence-corrected chi connectivity index (χ3v) is 0.966. The van der Waals surface area contributed by atoms with Gasteiger partial charge in [0, 0.05) is 0 Å². The summed E-state index contributed by atoms with van der Waals surface area (Å²) in [4.78, 5) is 9.78. The van der Waals surface area contributed by atoms with Crippen molar-refractivity contribution in [3.63, 3.8) is 0 Å². The van der Waals surface area contributed by atoms with E-state index in [4.69, 9.17) is 0 Å². The Morgan fingerprint density at radius 1 is 2.00 bits per heavy atom. The van der Waals surface area contributed by atoms with E-state index in [1.165, 1.54) is 0 Å². The fraction of sp³-hybridized carbons (Fsp3) is 0.667. The summed E-state index contributed by atoms with van der Waals surface area (Å²) in [6.45, 7) is 1.83. The van der Waals surface area contributed by atoms with E-state index < -0.39 is 0 Å². The van der Waals surface area contributed by atoms with Crippen LogP contribution in [0.3, 0.4) is 0 Å². The van der Waals surface area contributed by atoms with Crippen LogP contribution in [0.2, 0.25) is 0 Å². The second-order valence-corrected chi connectivity index (χ2v) is 1.79. The number of carbonyl (C=O) groups is 1. The van der Waals surface area contributed by atoms with Gasteiger partial charge in [-0.3, -0.25) is 0 Å². The van der Waals surface area contributed by atoms with E-state index in [0.717, 1.165) is 0 Å². The number of rotatable bonds is 1. The molecule has 0 amide bonds. The zero-order chi connectivity index (χ0) is 4.28. The van der Waals surface area contributed by atoms with E-state index in [2.05, 4.69) is 0 Å². The predicted molar refractivity (Wildman–Crippen MR) is 22.4 cm³/mol. The second-order valence-electron chi connectivity index (χ2n) is 0.747. The molecule has 0 atom stereocenters. The van der Waals surface area contributed by atoms with Gasteiger partial charge in [-0.05, 0) is 0 Å². The topological polar surface area (TPSA) is 17.1 Å². The van der Waals surface area contributed by atoms with Crippen LogP contribution in [0.1, 0.15) is 13.3 Å². The first-order valence-corrected chi connectivity index (χ1v) is 2.43. The summed E-state index contributed by atoms with van der Waals surface area (Å²) in [6, 6.07) is 0. The Kier molecular flexibility index (Phi) is 2.52. The van der Waals surface area contributed by atoms with Gasteiger partial charge in [0.1, 0.15) is 0 Å². The summed E-state index contributed by atoms with van der Waals surface area (Å²) >= 11 is 1.97. The van der Waals surface area contributed by atoms with Crippen molar-refractivity contribution >= 4 is 20.7 Å². The molecule has 0 aromatic rings. The van der Waals surface area contributed by atoms with Crippen LogP contribution in [0.15, 0.2) is 0 Å². The average molecular weight is 137 g/mol. The first-order chi connectivity index (χ1) is 2.27. The van der Waals surface area contributed by atoms with Crippen LogP contribution in [-0.4, -0.2) is 20.7 Å². The van der Waals surface area contributed by atoms with Crippen molar-refractivity contribution in [1.82, 2.24) is 0 Å². The minimum absolute atomic E-state index is 0.192. The van der Waals surface area contributed by atoms with Crippen molar-refractivity contribution in [3.8, 4) is 0 Å². The van der Waals surface area contributed by atoms with E-state index in [1.807, 2.05) is 22.9 Å². The second kappa shape index (κ2) is 2.43. The Morgan fingerprint density at radius 3 is 2.20 bits per heavy atom. The fourth-order valence-electron chi connectivity index (χ4n) is 0. The molecule has 5 heavy (non-hydrogen) atoms. The fourth-order valence-corrected chi connectivity index (χ4v) is 0. The zero-order valence-electron chi connectivity index (χ0n) is 3.06. The molecule has 0 unspecified atom stereocenters. The molecular formula is C3H6OSe. The standard InChI is InChI=1S/C3H6OSe/c1-2-3(4)5/h2H2,1H3,(H,4,5). The Hall–Kier alpha value is 0.189. The Bertz CT molecular complexity index is 42.2. The Labute approximate surface area is 39.6 Å². The van der Waals surface area contributed by atoms with Crippen LogP contribution in [0.4, 0.5) is 0 Å². The molecule has 0 aromatic carbocycles. The van der Waals surface area contributed by atoms with Crippen molar-refractivity contribution < 1.29 is 4.79 Å². The van der Waals surface area contributed by atoms with E-state index in [-0.39, 0.29) is 4.68 Å². The number of hydrogen-bond donors (Lipinski definition) is 0. The normalized spacial score (nSPS) is 7.60. The summed E-state index contributed by atoms with van der Waals surface area (Å²) in [6.07, 6.45) is 0.639. The zero-order valence-corrected chi connectivity index (χ0v) is 4.94. The summed E-state index contributed by atoms with van der Waals surface area (Å²) < 4.78 is 0.192. The van der Waals surface area contributed by atoms with Crippen molar-refractivity contribution in [2.75, 3.05) is 0 Å². The molecule has 0 spiro atoms. The molecule has 0 aromatic heterocycles. The third-order valence-electron chi connectivity index (χ3n) is 0.302. The minimum atomic E-state index is 0.192. The van der Waals surface area contributed by atoms with Gasteiger partial charge in [-0.25, -0.2) is 0 Å². The molecule has 30 valence electrons. The molecule has 0 radical (unpaired) electrons. The molecule has 0 saturated carbocycles. The molecule has 0 fully saturated rings. The first-order valence-electron chi connectivity index (χ1n) is 1.49. The van der Waals surface area contributed by atoms with Crippen LogP contribution in [-0.2, 0) is 4.79 Å². The Balaban J connectivity index is 2.85. The van der Waals surface area contributed by atoms with Gasteiger partial charge in [-0.1, -0.05) is 0 Å². The monoisotopic (exact) mass is 138 g/mol. The van der Waals surface area contributed by atoms with Gasteiger partial charge in [0.15, 0.2) is 0 Å². The van der Waals surface area contributed by atoms with Crippen LogP contribution >= 0.6 is 0 Å². The van der Waals surface area contributed by atoms with Crippen LogP contribution in [0.25, 0.3) is 0 Å². The van der Waals surface area contributed by atoms with Crippen LogP contribution in [0.5, 0.6) is 0 Å². The third kappa shape index (κ3) is 4.19. The van der Waals surface area contributed by atoms with Crippen molar-refractivity contribution in [2.24, 2.45) is 0 Å². The molecule has 0 heterocycles. The molecule has 0 rings (SSSR count). The van der Waals surface area contributed by atoms with Crippen LogP contribution < -0.4 is 0 Å². The molecule has 0 aliphatic heterocycles. The molecule has 0 saturated heterocycles. The van der Waals surface area contributed by atoms with Gasteiger partial charge in [-0.15, -0.1) is 0 Å². The Morgan fingerprint density at radius 2 is 2.20 bits per heavy atom. The molecule has 0 N–H and O–H groups in total. The van der Waals surface area contributed by atoms with E-state index in [9.17, 15) is 4.79 Å². The van der Waals surface area contributed by atoms with Crippen molar-refractivity contribution in [1.29, 1.82) is 0 Å². The van der Waals surface area contributed by atoms with Crippen molar-refractivity contribution in [2.45, 2.75) is 13.3 Å². The van der Waals surface area contributed by atoms with Gasteiger partial charge in [0.2, 0.25) is 0 Å². The summed E-state index contributed by atoms with van der Waals surface area (Å²) in [5.74, 6) is 0. The first kappa shape index (κ1) is 5.19. The van der Waals surface area contributed by atoms with E-state index in [0.29, 0.717) is 6.42 Å². The molecule has 0 aliphatic carbocycles. The predicted octanol–water partition coefficient (Wildman–Crippen LogP) is -0.176. The number of hydrogen-bond acceptors (Lipinski definition) is 1. The van der Waals surface area contributed by atoms with Gasteiger partial charge < -0.3 is 0 Å². The van der Waals surface area contributed by atoms with Gasteiger partial charge in [-0.2, -0.15) is 0 Å². The average Bonchev–Trinajstić information content (AvgIpc) is 1.38. The van der Waals surface area contributed by atoms with Crippen LogP contribution in [0, 0.1) is 0 Å². The summed E-state index contributed by atoms with van der Waals surface area (Å²) in [5.41, 5.74) is 0. The number of carbonyl (C=O) groups excluding carboxylic acids is 1. The summed E-state index contributed by atoms with van der Waals surface area (Å²) in [5, 5.41) is 0. The molecular weight excluding hydrogens is 131 g/mol. The maximum absolute atomic E-state index is 9.78. The summed E-state index contributed by atoms with van der Waals surface area (Å²) in [7, 11) is 0. The van der Waals surface area contributed by atoms with Crippen molar-refractivity contribution in [3.05, 3.63) is 0 Å². The molecule has 2 heteroatoms. The van der Waals surface area contributed by atoms with Gasteiger partial charge in [0.05, 0.1) is 0 Å². The molecule has 0 aliphatic rings. The van der Waals surface area contributed by atoms with Gasteiger partial charge >= 0.3 is 38.8 Å².